The van der Waals surface area contributed by atoms with E-state index in [0.717, 1.165) is 5.41 Å². The molecule has 0 fully saturated rings. The number of sulfonamides is 1. The van der Waals surface area contributed by atoms with Crippen molar-refractivity contribution in [2.45, 2.75) is 6.18 Å². The summed E-state index contributed by atoms with van der Waals surface area (Å²) in [7, 11) is -3.96. The number of anilines is 1. The van der Waals surface area contributed by atoms with Crippen LogP contribution in [0.1, 0.15) is 15.9 Å². The minimum absolute atomic E-state index is 0.120. The van der Waals surface area contributed by atoms with Gasteiger partial charge in [0.2, 0.25) is 0 Å². The maximum absolute atomic E-state index is 12.2. The zero-order valence-electron chi connectivity index (χ0n) is 13.3. The molecule has 0 saturated heterocycles. The summed E-state index contributed by atoms with van der Waals surface area (Å²) in [5, 5.41) is 2.62. The third-order valence-corrected chi connectivity index (χ3v) is 4.11. The molecule has 0 unspecified atom stereocenters. The molecule has 0 bridgehead atoms. The SMILES string of the molecule is O=C(NCC(F)(F)F)c1ccccc1NS(=O)(=O)/C=C/c1ccccc1. The first-order valence-electron chi connectivity index (χ1n) is 7.36. The van der Waals surface area contributed by atoms with Gasteiger partial charge < -0.3 is 5.32 Å². The van der Waals surface area contributed by atoms with Gasteiger partial charge in [0.05, 0.1) is 16.7 Å². The highest BCUT2D eigenvalue weighted by molar-refractivity contribution is 7.95. The normalized spacial score (nSPS) is 12.1. The van der Waals surface area contributed by atoms with Gasteiger partial charge in [0.15, 0.2) is 0 Å². The Labute approximate surface area is 148 Å². The monoisotopic (exact) mass is 384 g/mol. The summed E-state index contributed by atoms with van der Waals surface area (Å²) in [6.07, 6.45) is -3.21. The van der Waals surface area contributed by atoms with Crippen LogP contribution >= 0.6 is 0 Å². The van der Waals surface area contributed by atoms with E-state index >= 15 is 0 Å². The Hall–Kier alpha value is -2.81. The lowest BCUT2D eigenvalue weighted by Gasteiger charge is -2.12. The van der Waals surface area contributed by atoms with E-state index in [4.69, 9.17) is 0 Å². The molecule has 0 aliphatic heterocycles. The molecule has 26 heavy (non-hydrogen) atoms. The summed E-state index contributed by atoms with van der Waals surface area (Å²) in [4.78, 5) is 11.9. The van der Waals surface area contributed by atoms with Crippen LogP contribution in [0.25, 0.3) is 6.08 Å². The molecule has 2 aromatic rings. The van der Waals surface area contributed by atoms with Crippen molar-refractivity contribution in [3.05, 3.63) is 71.1 Å². The van der Waals surface area contributed by atoms with E-state index in [1.807, 2.05) is 0 Å². The van der Waals surface area contributed by atoms with Crippen LogP contribution in [-0.2, 0) is 10.0 Å². The fourth-order valence-corrected chi connectivity index (χ4v) is 2.85. The van der Waals surface area contributed by atoms with Crippen LogP contribution < -0.4 is 10.0 Å². The lowest BCUT2D eigenvalue weighted by molar-refractivity contribution is -0.123. The molecule has 0 spiro atoms. The smallest absolute Gasteiger partial charge is 0.343 e. The van der Waals surface area contributed by atoms with Crippen LogP contribution in [0.4, 0.5) is 18.9 Å². The van der Waals surface area contributed by atoms with Crippen molar-refractivity contribution in [1.82, 2.24) is 5.32 Å². The first kappa shape index (κ1) is 19.5. The predicted molar refractivity (Wildman–Crippen MR) is 92.8 cm³/mol. The summed E-state index contributed by atoms with van der Waals surface area (Å²) in [5.74, 6) is -1.03. The van der Waals surface area contributed by atoms with Crippen LogP contribution in [0.5, 0.6) is 0 Å². The van der Waals surface area contributed by atoms with E-state index in [2.05, 4.69) is 4.72 Å². The number of para-hydroxylation sites is 1. The van der Waals surface area contributed by atoms with Gasteiger partial charge in [0.25, 0.3) is 15.9 Å². The molecule has 9 heteroatoms. The van der Waals surface area contributed by atoms with Crippen molar-refractivity contribution in [3.8, 4) is 0 Å². The molecular formula is C17H15F3N2O3S. The van der Waals surface area contributed by atoms with Gasteiger partial charge in [0, 0.05) is 0 Å². The quantitative estimate of drug-likeness (QED) is 0.802. The molecule has 2 N–H and O–H groups in total. The molecule has 0 aliphatic carbocycles. The second-order valence-corrected chi connectivity index (χ2v) is 6.77. The second-order valence-electron chi connectivity index (χ2n) is 5.20. The Morgan fingerprint density at radius 3 is 2.27 bits per heavy atom. The Balaban J connectivity index is 2.16. The van der Waals surface area contributed by atoms with Crippen LogP contribution in [0, 0.1) is 0 Å². The Bertz CT molecular complexity index is 895. The number of carbonyl (C=O) groups excluding carboxylic acids is 1. The Morgan fingerprint density at radius 2 is 1.62 bits per heavy atom. The average molecular weight is 384 g/mol. The van der Waals surface area contributed by atoms with Crippen molar-refractivity contribution >= 4 is 27.7 Å². The molecule has 5 nitrogen and oxygen atoms in total. The third-order valence-electron chi connectivity index (χ3n) is 3.11. The number of rotatable bonds is 6. The molecule has 0 aromatic heterocycles. The van der Waals surface area contributed by atoms with E-state index in [1.165, 1.54) is 30.3 Å². The van der Waals surface area contributed by atoms with E-state index in [9.17, 15) is 26.4 Å². The van der Waals surface area contributed by atoms with E-state index in [0.29, 0.717) is 5.56 Å². The van der Waals surface area contributed by atoms with Gasteiger partial charge in [-0.05, 0) is 23.8 Å². The summed E-state index contributed by atoms with van der Waals surface area (Å²) in [6.45, 7) is -1.51. The fraction of sp³-hybridized carbons (Fsp3) is 0.118. The first-order chi connectivity index (χ1) is 12.2. The number of alkyl halides is 3. The van der Waals surface area contributed by atoms with E-state index < -0.39 is 28.7 Å². The predicted octanol–water partition coefficient (Wildman–Crippen LogP) is 3.39. The molecular weight excluding hydrogens is 369 g/mol. The summed E-state index contributed by atoms with van der Waals surface area (Å²) < 4.78 is 63.2. The van der Waals surface area contributed by atoms with Crippen LogP contribution in [0.15, 0.2) is 60.0 Å². The van der Waals surface area contributed by atoms with Crippen molar-refractivity contribution in [2.75, 3.05) is 11.3 Å². The lowest BCUT2D eigenvalue weighted by Crippen LogP contribution is -2.34. The number of amides is 1. The van der Waals surface area contributed by atoms with Gasteiger partial charge >= 0.3 is 6.18 Å². The van der Waals surface area contributed by atoms with Crippen LogP contribution in [-0.4, -0.2) is 27.0 Å². The van der Waals surface area contributed by atoms with Gasteiger partial charge in [-0.15, -0.1) is 0 Å². The van der Waals surface area contributed by atoms with Gasteiger partial charge in [-0.3, -0.25) is 9.52 Å². The van der Waals surface area contributed by atoms with Gasteiger partial charge in [-0.2, -0.15) is 13.2 Å². The number of hydrogen-bond acceptors (Lipinski definition) is 3. The molecule has 2 rings (SSSR count). The molecule has 0 atom stereocenters. The fourth-order valence-electron chi connectivity index (χ4n) is 1.97. The second kappa shape index (κ2) is 8.05. The minimum atomic E-state index is -4.57. The number of hydrogen-bond donors (Lipinski definition) is 2. The van der Waals surface area contributed by atoms with Gasteiger partial charge in [0.1, 0.15) is 6.54 Å². The zero-order valence-corrected chi connectivity index (χ0v) is 14.1. The van der Waals surface area contributed by atoms with E-state index in [-0.39, 0.29) is 11.3 Å². The maximum Gasteiger partial charge on any atom is 0.405 e. The number of carbonyl (C=O) groups is 1. The highest BCUT2D eigenvalue weighted by atomic mass is 32.2. The summed E-state index contributed by atoms with van der Waals surface area (Å²) in [5.41, 5.74) is 0.312. The van der Waals surface area contributed by atoms with Crippen molar-refractivity contribution in [2.24, 2.45) is 0 Å². The molecule has 1 amide bonds. The molecule has 0 radical (unpaired) electrons. The first-order valence-corrected chi connectivity index (χ1v) is 8.91. The molecule has 0 aliphatic rings. The standard InChI is InChI=1S/C17H15F3N2O3S/c18-17(19,20)12-21-16(23)14-8-4-5-9-15(14)22-26(24,25)11-10-13-6-2-1-3-7-13/h1-11,22H,12H2,(H,21,23)/b11-10+. The highest BCUT2D eigenvalue weighted by Gasteiger charge is 2.28. The Morgan fingerprint density at radius 1 is 1.00 bits per heavy atom. The molecule has 0 heterocycles. The van der Waals surface area contributed by atoms with Crippen LogP contribution in [0.3, 0.4) is 0 Å². The number of halogens is 3. The van der Waals surface area contributed by atoms with Crippen molar-refractivity contribution < 1.29 is 26.4 Å². The van der Waals surface area contributed by atoms with Gasteiger partial charge in [-0.1, -0.05) is 42.5 Å². The summed E-state index contributed by atoms with van der Waals surface area (Å²) in [6, 6.07) is 14.0. The van der Waals surface area contributed by atoms with Gasteiger partial charge in [-0.25, -0.2) is 8.42 Å². The number of benzene rings is 2. The lowest BCUT2D eigenvalue weighted by atomic mass is 10.1. The van der Waals surface area contributed by atoms with Crippen LogP contribution in [0.2, 0.25) is 0 Å². The number of nitrogens with one attached hydrogen (secondary N) is 2. The highest BCUT2D eigenvalue weighted by Crippen LogP contribution is 2.19. The average Bonchev–Trinajstić information content (AvgIpc) is 2.58. The van der Waals surface area contributed by atoms with Crippen molar-refractivity contribution in [3.63, 3.8) is 0 Å². The molecule has 2 aromatic carbocycles. The topological polar surface area (TPSA) is 75.3 Å². The van der Waals surface area contributed by atoms with E-state index in [1.54, 1.807) is 35.6 Å². The maximum atomic E-state index is 12.2. The Kier molecular flexibility index (Phi) is 6.04. The largest absolute Gasteiger partial charge is 0.405 e. The molecule has 0 saturated carbocycles. The zero-order chi connectivity index (χ0) is 19.2. The minimum Gasteiger partial charge on any atom is -0.343 e. The summed E-state index contributed by atoms with van der Waals surface area (Å²) >= 11 is 0. The molecule has 138 valence electrons. The van der Waals surface area contributed by atoms with Crippen molar-refractivity contribution in [1.29, 1.82) is 0 Å². The third kappa shape index (κ3) is 6.25.